The van der Waals surface area contributed by atoms with Crippen molar-refractivity contribution in [3.05, 3.63) is 46.8 Å². The Labute approximate surface area is 135 Å². The van der Waals surface area contributed by atoms with Crippen molar-refractivity contribution in [1.29, 1.82) is 0 Å². The van der Waals surface area contributed by atoms with Gasteiger partial charge in [-0.05, 0) is 31.5 Å². The Morgan fingerprint density at radius 1 is 1.35 bits per heavy atom. The Bertz CT molecular complexity index is 840. The minimum absolute atomic E-state index is 0.0307. The van der Waals surface area contributed by atoms with Crippen molar-refractivity contribution in [1.82, 2.24) is 15.1 Å². The summed E-state index contributed by atoms with van der Waals surface area (Å²) in [7, 11) is -1.91. The van der Waals surface area contributed by atoms with Crippen LogP contribution in [0, 0.1) is 13.8 Å². The Balaban J connectivity index is 2.02. The summed E-state index contributed by atoms with van der Waals surface area (Å²) in [6.45, 7) is 4.02. The molecule has 0 atom stereocenters. The summed E-state index contributed by atoms with van der Waals surface area (Å²) in [6.07, 6.45) is 0.236. The molecule has 0 spiro atoms. The molecule has 0 aliphatic rings. The van der Waals surface area contributed by atoms with E-state index >= 15 is 0 Å². The van der Waals surface area contributed by atoms with Gasteiger partial charge in [-0.3, -0.25) is 9.48 Å². The molecule has 0 bridgehead atoms. The van der Waals surface area contributed by atoms with Crippen LogP contribution in [-0.2, 0) is 34.8 Å². The van der Waals surface area contributed by atoms with Crippen LogP contribution in [-0.4, -0.2) is 24.1 Å². The van der Waals surface area contributed by atoms with Crippen molar-refractivity contribution < 1.29 is 13.2 Å². The molecule has 0 radical (unpaired) electrons. The molecule has 3 N–H and O–H groups in total. The number of sulfonamides is 1. The molecule has 1 aromatic heterocycles. The second-order valence-electron chi connectivity index (χ2n) is 5.42. The molecule has 7 nitrogen and oxygen atoms in total. The molecular weight excluding hydrogens is 316 g/mol. The highest BCUT2D eigenvalue weighted by Crippen LogP contribution is 2.13. The van der Waals surface area contributed by atoms with Crippen LogP contribution >= 0.6 is 0 Å². The molecule has 0 saturated heterocycles. The Kier molecular flexibility index (Phi) is 4.86. The fraction of sp³-hybridized carbons (Fsp3) is 0.333. The number of carbonyl (C=O) groups excluding carboxylic acids is 1. The molecule has 2 rings (SSSR count). The fourth-order valence-electron chi connectivity index (χ4n) is 2.33. The molecule has 0 aliphatic carbocycles. The first-order valence-electron chi connectivity index (χ1n) is 7.06. The summed E-state index contributed by atoms with van der Waals surface area (Å²) in [5, 5.41) is 12.1. The quantitative estimate of drug-likeness (QED) is 0.831. The number of nitrogens with two attached hydrogens (primary N) is 1. The smallest absolute Gasteiger partial charge is 0.238 e. The van der Waals surface area contributed by atoms with Crippen molar-refractivity contribution in [3.63, 3.8) is 0 Å². The van der Waals surface area contributed by atoms with Gasteiger partial charge in [-0.15, -0.1) is 0 Å². The lowest BCUT2D eigenvalue weighted by Crippen LogP contribution is -2.25. The predicted octanol–water partition coefficient (Wildman–Crippen LogP) is 0.543. The maximum Gasteiger partial charge on any atom is 0.238 e. The molecule has 0 unspecified atom stereocenters. The minimum Gasteiger partial charge on any atom is -0.352 e. The SMILES string of the molecule is Cc1nn(C)c(C)c1CC(=O)NCc1cccc(S(N)(=O)=O)c1. The van der Waals surface area contributed by atoms with E-state index in [4.69, 9.17) is 5.14 Å². The Hall–Kier alpha value is -2.19. The van der Waals surface area contributed by atoms with Gasteiger partial charge in [0.1, 0.15) is 0 Å². The number of nitrogens with one attached hydrogen (secondary N) is 1. The minimum atomic E-state index is -3.74. The molecule has 0 aliphatic heterocycles. The molecular formula is C15H20N4O3S. The molecule has 0 saturated carbocycles. The van der Waals surface area contributed by atoms with Gasteiger partial charge in [0.15, 0.2) is 0 Å². The van der Waals surface area contributed by atoms with Crippen LogP contribution in [0.3, 0.4) is 0 Å². The van der Waals surface area contributed by atoms with Gasteiger partial charge >= 0.3 is 0 Å². The maximum absolute atomic E-state index is 12.1. The topological polar surface area (TPSA) is 107 Å². The average Bonchev–Trinajstić information content (AvgIpc) is 2.71. The van der Waals surface area contributed by atoms with Gasteiger partial charge in [0.25, 0.3) is 0 Å². The number of aromatic nitrogens is 2. The van der Waals surface area contributed by atoms with Crippen molar-refractivity contribution in [2.45, 2.75) is 31.7 Å². The maximum atomic E-state index is 12.1. The summed E-state index contributed by atoms with van der Waals surface area (Å²) < 4.78 is 24.4. The third kappa shape index (κ3) is 4.17. The van der Waals surface area contributed by atoms with Crippen LogP contribution < -0.4 is 10.5 Å². The van der Waals surface area contributed by atoms with E-state index in [2.05, 4.69) is 10.4 Å². The van der Waals surface area contributed by atoms with Crippen molar-refractivity contribution in [2.24, 2.45) is 12.2 Å². The number of primary sulfonamides is 1. The van der Waals surface area contributed by atoms with Crippen molar-refractivity contribution in [2.75, 3.05) is 0 Å². The number of amides is 1. The highest BCUT2D eigenvalue weighted by molar-refractivity contribution is 7.89. The highest BCUT2D eigenvalue weighted by Gasteiger charge is 2.13. The summed E-state index contributed by atoms with van der Waals surface area (Å²) in [5.74, 6) is -0.148. The molecule has 8 heteroatoms. The lowest BCUT2D eigenvalue weighted by atomic mass is 10.1. The van der Waals surface area contributed by atoms with Gasteiger partial charge in [0.05, 0.1) is 17.0 Å². The van der Waals surface area contributed by atoms with Gasteiger partial charge in [0.2, 0.25) is 15.9 Å². The van der Waals surface area contributed by atoms with Gasteiger partial charge in [0, 0.05) is 24.8 Å². The van der Waals surface area contributed by atoms with Crippen LogP contribution in [0.4, 0.5) is 0 Å². The van der Waals surface area contributed by atoms with Gasteiger partial charge in [-0.25, -0.2) is 13.6 Å². The van der Waals surface area contributed by atoms with Crippen molar-refractivity contribution >= 4 is 15.9 Å². The third-order valence-corrected chi connectivity index (χ3v) is 4.62. The van der Waals surface area contributed by atoms with Gasteiger partial charge in [-0.1, -0.05) is 12.1 Å². The number of hydrogen-bond acceptors (Lipinski definition) is 4. The summed E-state index contributed by atoms with van der Waals surface area (Å²) in [4.78, 5) is 12.1. The lowest BCUT2D eigenvalue weighted by molar-refractivity contribution is -0.120. The first kappa shape index (κ1) is 17.2. The molecule has 1 aromatic carbocycles. The number of hydrogen-bond donors (Lipinski definition) is 2. The zero-order valence-corrected chi connectivity index (χ0v) is 14.1. The van der Waals surface area contributed by atoms with Crippen molar-refractivity contribution in [3.8, 4) is 0 Å². The normalized spacial score (nSPS) is 11.5. The molecule has 0 fully saturated rings. The standard InChI is InChI=1S/C15H20N4O3S/c1-10-14(11(2)19(3)18-10)8-15(20)17-9-12-5-4-6-13(7-12)23(16,21)22/h4-7H,8-9H2,1-3H3,(H,17,20)(H2,16,21,22). The largest absolute Gasteiger partial charge is 0.352 e. The second kappa shape index (κ2) is 6.51. The molecule has 1 heterocycles. The third-order valence-electron chi connectivity index (χ3n) is 3.71. The van der Waals surface area contributed by atoms with Crippen LogP contribution in [0.15, 0.2) is 29.2 Å². The van der Waals surface area contributed by atoms with E-state index in [0.717, 1.165) is 17.0 Å². The van der Waals surface area contributed by atoms with Crippen LogP contribution in [0.25, 0.3) is 0 Å². The van der Waals surface area contributed by atoms with E-state index in [1.54, 1.807) is 16.8 Å². The zero-order chi connectivity index (χ0) is 17.2. The van der Waals surface area contributed by atoms with Crippen LogP contribution in [0.1, 0.15) is 22.5 Å². The zero-order valence-electron chi connectivity index (χ0n) is 13.3. The number of nitrogens with zero attached hydrogens (tertiary/aromatic N) is 2. The average molecular weight is 336 g/mol. The first-order valence-corrected chi connectivity index (χ1v) is 8.60. The monoisotopic (exact) mass is 336 g/mol. The Morgan fingerprint density at radius 3 is 2.61 bits per heavy atom. The lowest BCUT2D eigenvalue weighted by Gasteiger charge is -2.07. The fourth-order valence-corrected chi connectivity index (χ4v) is 2.91. The molecule has 23 heavy (non-hydrogen) atoms. The van der Waals surface area contributed by atoms with Crippen LogP contribution in [0.2, 0.25) is 0 Å². The van der Waals surface area contributed by atoms with Gasteiger partial charge < -0.3 is 5.32 Å². The predicted molar refractivity (Wildman–Crippen MR) is 86.0 cm³/mol. The summed E-state index contributed by atoms with van der Waals surface area (Å²) in [6, 6.07) is 6.20. The van der Waals surface area contributed by atoms with E-state index < -0.39 is 10.0 Å². The molecule has 1 amide bonds. The highest BCUT2D eigenvalue weighted by atomic mass is 32.2. The number of carbonyl (C=O) groups is 1. The Morgan fingerprint density at radius 2 is 2.04 bits per heavy atom. The van der Waals surface area contributed by atoms with E-state index in [1.165, 1.54) is 12.1 Å². The summed E-state index contributed by atoms with van der Waals surface area (Å²) >= 11 is 0. The number of benzene rings is 1. The van der Waals surface area contributed by atoms with E-state index in [1.807, 2.05) is 20.9 Å². The van der Waals surface area contributed by atoms with Gasteiger partial charge in [-0.2, -0.15) is 5.10 Å². The number of rotatable bonds is 5. The van der Waals surface area contributed by atoms with E-state index in [0.29, 0.717) is 5.56 Å². The summed E-state index contributed by atoms with van der Waals surface area (Å²) in [5.41, 5.74) is 3.36. The first-order chi connectivity index (χ1) is 10.7. The van der Waals surface area contributed by atoms with E-state index in [-0.39, 0.29) is 23.8 Å². The molecule has 2 aromatic rings. The van der Waals surface area contributed by atoms with E-state index in [9.17, 15) is 13.2 Å². The second-order valence-corrected chi connectivity index (χ2v) is 6.98. The molecule has 124 valence electrons. The van der Waals surface area contributed by atoms with Crippen LogP contribution in [0.5, 0.6) is 0 Å². The number of aryl methyl sites for hydroxylation is 2.